The molecule has 0 saturated carbocycles. The van der Waals surface area contributed by atoms with Crippen molar-refractivity contribution in [3.8, 4) is 0 Å². The number of ether oxygens (including phenoxy) is 2. The summed E-state index contributed by atoms with van der Waals surface area (Å²) >= 11 is 0. The van der Waals surface area contributed by atoms with Crippen molar-refractivity contribution in [2.75, 3.05) is 44.5 Å². The first-order chi connectivity index (χ1) is 12.4. The van der Waals surface area contributed by atoms with Crippen LogP contribution in [-0.4, -0.2) is 58.2 Å². The van der Waals surface area contributed by atoms with E-state index in [-0.39, 0.29) is 25.2 Å². The summed E-state index contributed by atoms with van der Waals surface area (Å²) in [7, 11) is -3.53. The van der Waals surface area contributed by atoms with Crippen molar-refractivity contribution in [1.29, 1.82) is 0 Å². The molecule has 1 aliphatic heterocycles. The van der Waals surface area contributed by atoms with Crippen LogP contribution in [-0.2, 0) is 30.7 Å². The van der Waals surface area contributed by atoms with Crippen LogP contribution in [0.4, 0.5) is 5.69 Å². The number of sulfone groups is 1. The molecule has 1 fully saturated rings. The summed E-state index contributed by atoms with van der Waals surface area (Å²) in [5, 5.41) is 5.89. The molecule has 0 radical (unpaired) electrons. The number of nitrogens with one attached hydrogen (secondary N) is 2. The van der Waals surface area contributed by atoms with Crippen LogP contribution in [0.2, 0.25) is 0 Å². The van der Waals surface area contributed by atoms with Crippen molar-refractivity contribution >= 4 is 33.8 Å². The van der Waals surface area contributed by atoms with E-state index >= 15 is 0 Å². The van der Waals surface area contributed by atoms with Crippen LogP contribution in [0.3, 0.4) is 0 Å². The van der Waals surface area contributed by atoms with Gasteiger partial charge in [0.15, 0.2) is 14.6 Å². The predicted molar refractivity (Wildman–Crippen MR) is 108 cm³/mol. The molecule has 1 aliphatic rings. The van der Waals surface area contributed by atoms with Gasteiger partial charge < -0.3 is 20.1 Å². The van der Waals surface area contributed by atoms with Gasteiger partial charge >= 0.3 is 0 Å². The van der Waals surface area contributed by atoms with Crippen molar-refractivity contribution in [1.82, 2.24) is 5.32 Å². The van der Waals surface area contributed by atoms with Crippen LogP contribution in [0.5, 0.6) is 0 Å². The lowest BCUT2D eigenvalue weighted by Crippen LogP contribution is -2.55. The van der Waals surface area contributed by atoms with Crippen LogP contribution in [0, 0.1) is 0 Å². The third-order valence-electron chi connectivity index (χ3n) is 4.56. The Morgan fingerprint density at radius 2 is 1.89 bits per heavy atom. The van der Waals surface area contributed by atoms with Crippen LogP contribution in [0.1, 0.15) is 25.3 Å². The highest BCUT2D eigenvalue weighted by Crippen LogP contribution is 2.29. The molecule has 0 unspecified atom stereocenters. The van der Waals surface area contributed by atoms with E-state index in [2.05, 4.69) is 10.6 Å². The van der Waals surface area contributed by atoms with E-state index in [1.807, 2.05) is 19.1 Å². The van der Waals surface area contributed by atoms with E-state index in [0.717, 1.165) is 11.8 Å². The molecule has 1 aromatic rings. The molecule has 1 heterocycles. The fourth-order valence-electron chi connectivity index (χ4n) is 3.03. The van der Waals surface area contributed by atoms with Gasteiger partial charge in [-0.25, -0.2) is 8.42 Å². The second-order valence-corrected chi connectivity index (χ2v) is 8.75. The maximum Gasteiger partial charge on any atom is 0.245 e. The fourth-order valence-corrected chi connectivity index (χ4v) is 4.37. The average Bonchev–Trinajstić information content (AvgIpc) is 2.61. The Hall–Kier alpha value is -1.19. The number of carbonyl (C=O) groups is 1. The van der Waals surface area contributed by atoms with Gasteiger partial charge in [0.1, 0.15) is 0 Å². The number of anilines is 1. The van der Waals surface area contributed by atoms with Gasteiger partial charge in [0.05, 0.1) is 19.8 Å². The van der Waals surface area contributed by atoms with Crippen LogP contribution >= 0.6 is 12.4 Å². The zero-order chi connectivity index (χ0) is 19.0. The number of rotatable bonds is 9. The summed E-state index contributed by atoms with van der Waals surface area (Å²) in [6.07, 6.45) is 1.69. The summed E-state index contributed by atoms with van der Waals surface area (Å²) in [6.45, 7) is 5.03. The number of amides is 1. The number of piperidine rings is 1. The Labute approximate surface area is 167 Å². The molecular weight excluding hydrogens is 392 g/mol. The lowest BCUT2D eigenvalue weighted by atomic mass is 9.95. The highest BCUT2D eigenvalue weighted by Gasteiger charge is 2.48. The Morgan fingerprint density at radius 3 is 2.52 bits per heavy atom. The minimum Gasteiger partial charge on any atom is -0.379 e. The van der Waals surface area contributed by atoms with Gasteiger partial charge in [-0.2, -0.15) is 0 Å². The minimum atomic E-state index is -3.53. The van der Waals surface area contributed by atoms with Gasteiger partial charge in [-0.1, -0.05) is 12.1 Å². The summed E-state index contributed by atoms with van der Waals surface area (Å²) < 4.78 is 34.0. The number of benzene rings is 1. The molecule has 0 aromatic heterocycles. The molecule has 1 saturated heterocycles. The topological polar surface area (TPSA) is 93.7 Å². The van der Waals surface area contributed by atoms with Gasteiger partial charge in [-0.3, -0.25) is 4.79 Å². The second-order valence-electron chi connectivity index (χ2n) is 6.42. The Bertz CT molecular complexity index is 705. The zero-order valence-electron chi connectivity index (χ0n) is 15.8. The van der Waals surface area contributed by atoms with Gasteiger partial charge in [0, 0.05) is 18.6 Å². The quantitative estimate of drug-likeness (QED) is 0.591. The number of hydrogen-bond donors (Lipinski definition) is 2. The van der Waals surface area contributed by atoms with Crippen molar-refractivity contribution in [2.45, 2.75) is 31.1 Å². The highest BCUT2D eigenvalue weighted by atomic mass is 35.5. The van der Waals surface area contributed by atoms with Gasteiger partial charge in [0.25, 0.3) is 0 Å². The van der Waals surface area contributed by atoms with Crippen molar-refractivity contribution in [3.63, 3.8) is 0 Å². The summed E-state index contributed by atoms with van der Waals surface area (Å²) in [4.78, 5) is 12.8. The normalized spacial score (nSPS) is 16.4. The van der Waals surface area contributed by atoms with Gasteiger partial charge in [0.2, 0.25) is 5.91 Å². The van der Waals surface area contributed by atoms with E-state index in [9.17, 15) is 13.2 Å². The maximum absolute atomic E-state index is 12.8. The monoisotopic (exact) mass is 420 g/mol. The van der Waals surface area contributed by atoms with Crippen LogP contribution < -0.4 is 10.6 Å². The summed E-state index contributed by atoms with van der Waals surface area (Å²) in [6, 6.07) is 7.26. The van der Waals surface area contributed by atoms with Crippen molar-refractivity contribution < 1.29 is 22.7 Å². The number of hydrogen-bond acceptors (Lipinski definition) is 6. The molecular formula is C18H29ClN2O5S. The molecule has 0 spiro atoms. The minimum absolute atomic E-state index is 0. The molecule has 0 atom stereocenters. The third kappa shape index (κ3) is 6.43. The molecule has 2 N–H and O–H groups in total. The maximum atomic E-state index is 12.8. The molecule has 27 heavy (non-hydrogen) atoms. The standard InChI is InChI=1S/C18H28N2O5S.ClH/c1-3-24-11-12-25-14-15-5-4-6-16(13-15)20-17(21)18(26(2,22)23)7-9-19-10-8-18;/h4-6,13,19H,3,7-12,14H2,1-2H3,(H,20,21);1H. The molecule has 0 aliphatic carbocycles. The molecule has 2 rings (SSSR count). The first-order valence-electron chi connectivity index (χ1n) is 8.85. The fraction of sp³-hybridized carbons (Fsp3) is 0.611. The van der Waals surface area contributed by atoms with E-state index in [1.54, 1.807) is 12.1 Å². The number of carbonyl (C=O) groups excluding carboxylic acids is 1. The first-order valence-corrected chi connectivity index (χ1v) is 10.7. The average molecular weight is 421 g/mol. The van der Waals surface area contributed by atoms with Crippen LogP contribution in [0.25, 0.3) is 0 Å². The van der Waals surface area contributed by atoms with Gasteiger partial charge in [-0.05, 0) is 50.6 Å². The van der Waals surface area contributed by atoms with E-state index in [1.165, 1.54) is 0 Å². The van der Waals surface area contributed by atoms with Crippen LogP contribution in [0.15, 0.2) is 24.3 Å². The number of halogens is 1. The van der Waals surface area contributed by atoms with Crippen molar-refractivity contribution in [3.05, 3.63) is 29.8 Å². The van der Waals surface area contributed by atoms with Gasteiger partial charge in [-0.15, -0.1) is 12.4 Å². The Kier molecular flexibility index (Phi) is 9.69. The lowest BCUT2D eigenvalue weighted by molar-refractivity contribution is -0.119. The first kappa shape index (κ1) is 23.8. The Morgan fingerprint density at radius 1 is 1.22 bits per heavy atom. The lowest BCUT2D eigenvalue weighted by Gasteiger charge is -2.34. The molecule has 1 aromatic carbocycles. The Balaban J connectivity index is 0.00000364. The second kappa shape index (κ2) is 11.0. The summed E-state index contributed by atoms with van der Waals surface area (Å²) in [5.74, 6) is -0.462. The largest absolute Gasteiger partial charge is 0.379 e. The summed E-state index contributed by atoms with van der Waals surface area (Å²) in [5.41, 5.74) is 1.47. The molecule has 7 nitrogen and oxygen atoms in total. The highest BCUT2D eigenvalue weighted by molar-refractivity contribution is 7.92. The third-order valence-corrected chi connectivity index (χ3v) is 6.58. The van der Waals surface area contributed by atoms with E-state index in [4.69, 9.17) is 9.47 Å². The molecule has 0 bridgehead atoms. The van der Waals surface area contributed by atoms with E-state index < -0.39 is 20.5 Å². The van der Waals surface area contributed by atoms with Crippen molar-refractivity contribution in [2.24, 2.45) is 0 Å². The predicted octanol–water partition coefficient (Wildman–Crippen LogP) is 1.77. The smallest absolute Gasteiger partial charge is 0.245 e. The molecule has 1 amide bonds. The SMILES string of the molecule is CCOCCOCc1cccc(NC(=O)C2(S(C)(=O)=O)CCNCC2)c1.Cl. The molecule has 9 heteroatoms. The zero-order valence-corrected chi connectivity index (χ0v) is 17.5. The van der Waals surface area contributed by atoms with E-state index in [0.29, 0.717) is 45.2 Å². The molecule has 154 valence electrons.